The molecule has 4 aromatic rings. The van der Waals surface area contributed by atoms with Crippen molar-refractivity contribution in [2.45, 2.75) is 55.9 Å². The first-order valence-electron chi connectivity index (χ1n) is 14.7. The predicted molar refractivity (Wildman–Crippen MR) is 155 cm³/mol. The molecule has 0 radical (unpaired) electrons. The zero-order valence-electron chi connectivity index (χ0n) is 22.8. The minimum atomic E-state index is -0.842. The van der Waals surface area contributed by atoms with Gasteiger partial charge in [-0.3, -0.25) is 4.90 Å². The lowest BCUT2D eigenvalue weighted by Gasteiger charge is -2.34. The van der Waals surface area contributed by atoms with Gasteiger partial charge in [0, 0.05) is 49.1 Å². The molecule has 2 unspecified atom stereocenters. The molecule has 3 aromatic carbocycles. The Morgan fingerprint density at radius 1 is 1.00 bits per heavy atom. The van der Waals surface area contributed by atoms with Crippen molar-refractivity contribution in [2.24, 2.45) is 0 Å². The summed E-state index contributed by atoms with van der Waals surface area (Å²) in [6, 6.07) is 15.2. The van der Waals surface area contributed by atoms with Crippen molar-refractivity contribution in [3.8, 4) is 22.9 Å². The number of nitrogens with zero attached hydrogens (tertiary/aromatic N) is 4. The van der Waals surface area contributed by atoms with Crippen LogP contribution in [0.1, 0.15) is 32.1 Å². The van der Waals surface area contributed by atoms with Gasteiger partial charge in [0.2, 0.25) is 0 Å². The van der Waals surface area contributed by atoms with Crippen LogP contribution in [0.15, 0.2) is 48.5 Å². The number of piperazine rings is 1. The second kappa shape index (κ2) is 9.49. The van der Waals surface area contributed by atoms with Gasteiger partial charge in [-0.25, -0.2) is 8.78 Å². The summed E-state index contributed by atoms with van der Waals surface area (Å²) in [6.07, 6.45) is 3.78. The SMILES string of the molecule is Oc1cc(-c2cc3nc(OC[C@@]45CCCN4C[C@H](F)C5)nc(N4CC5CCC(C4)N5)c3cc2F)c2ccccc2c1. The zero-order valence-corrected chi connectivity index (χ0v) is 22.8. The van der Waals surface area contributed by atoms with Crippen molar-refractivity contribution in [3.05, 3.63) is 54.3 Å². The minimum absolute atomic E-state index is 0.0741. The fraction of sp³-hybridized carbons (Fsp3) is 0.438. The first-order chi connectivity index (χ1) is 19.9. The third-order valence-electron chi connectivity index (χ3n) is 9.63. The molecule has 4 atom stereocenters. The van der Waals surface area contributed by atoms with E-state index in [2.05, 4.69) is 15.1 Å². The molecule has 4 saturated heterocycles. The Balaban J connectivity index is 1.24. The molecular weight excluding hydrogens is 524 g/mol. The third-order valence-corrected chi connectivity index (χ3v) is 9.63. The number of aromatic nitrogens is 2. The number of fused-ring (bicyclic) bond motifs is 5. The Morgan fingerprint density at radius 3 is 2.68 bits per heavy atom. The van der Waals surface area contributed by atoms with Crippen molar-refractivity contribution in [1.29, 1.82) is 0 Å². The number of phenolic OH excluding ortho intramolecular Hbond substituents is 1. The van der Waals surface area contributed by atoms with Gasteiger partial charge in [-0.05, 0) is 72.8 Å². The third kappa shape index (κ3) is 4.28. The van der Waals surface area contributed by atoms with Crippen LogP contribution in [0, 0.1) is 5.82 Å². The van der Waals surface area contributed by atoms with Gasteiger partial charge in [-0.15, -0.1) is 0 Å². The molecule has 0 aliphatic carbocycles. The standard InChI is InChI=1S/C32H33F2N5O2/c33-20-14-32(8-3-9-39(32)15-20)18-41-31-36-29-13-26(25-11-23(40)10-19-4-1-2-5-24(19)25)28(34)12-27(29)30(37-31)38-16-21-6-7-22(17-38)35-21/h1-2,4-5,10-13,20-22,35,40H,3,6-9,14-18H2/t20-,21?,22?,32+/m1/s1. The molecule has 0 saturated carbocycles. The molecule has 8 rings (SSSR count). The molecule has 4 aliphatic heterocycles. The normalized spacial score (nSPS) is 27.7. The monoisotopic (exact) mass is 557 g/mol. The molecule has 41 heavy (non-hydrogen) atoms. The molecule has 9 heteroatoms. The van der Waals surface area contributed by atoms with Gasteiger partial charge in [0.15, 0.2) is 0 Å². The number of anilines is 1. The van der Waals surface area contributed by atoms with Gasteiger partial charge in [-0.2, -0.15) is 9.97 Å². The summed E-state index contributed by atoms with van der Waals surface area (Å²) in [4.78, 5) is 14.1. The number of ether oxygens (including phenoxy) is 1. The second-order valence-electron chi connectivity index (χ2n) is 12.3. The van der Waals surface area contributed by atoms with Gasteiger partial charge in [0.1, 0.15) is 30.2 Å². The van der Waals surface area contributed by atoms with Crippen molar-refractivity contribution in [1.82, 2.24) is 20.2 Å². The summed E-state index contributed by atoms with van der Waals surface area (Å²) in [5, 5.41) is 16.4. The van der Waals surface area contributed by atoms with E-state index in [9.17, 15) is 9.50 Å². The van der Waals surface area contributed by atoms with E-state index in [-0.39, 0.29) is 17.3 Å². The summed E-state index contributed by atoms with van der Waals surface area (Å²) >= 11 is 0. The summed E-state index contributed by atoms with van der Waals surface area (Å²) in [6.45, 7) is 3.24. The highest BCUT2D eigenvalue weighted by atomic mass is 19.1. The molecule has 0 amide bonds. The lowest BCUT2D eigenvalue weighted by Crippen LogP contribution is -2.51. The lowest BCUT2D eigenvalue weighted by atomic mass is 9.95. The highest BCUT2D eigenvalue weighted by Crippen LogP contribution is 2.41. The van der Waals surface area contributed by atoms with Crippen LogP contribution in [-0.2, 0) is 0 Å². The van der Waals surface area contributed by atoms with Crippen molar-refractivity contribution in [2.75, 3.05) is 37.7 Å². The van der Waals surface area contributed by atoms with Crippen LogP contribution in [0.3, 0.4) is 0 Å². The fourth-order valence-electron chi connectivity index (χ4n) is 7.76. The molecule has 7 nitrogen and oxygen atoms in total. The average molecular weight is 558 g/mol. The average Bonchev–Trinajstić information content (AvgIpc) is 3.61. The van der Waals surface area contributed by atoms with Crippen LogP contribution >= 0.6 is 0 Å². The predicted octanol–water partition coefficient (Wildman–Crippen LogP) is 5.19. The molecule has 5 heterocycles. The first kappa shape index (κ1) is 25.2. The summed E-state index contributed by atoms with van der Waals surface area (Å²) in [5.74, 6) is 0.348. The lowest BCUT2D eigenvalue weighted by molar-refractivity contribution is 0.107. The van der Waals surface area contributed by atoms with Gasteiger partial charge < -0.3 is 20.1 Å². The van der Waals surface area contributed by atoms with Crippen LogP contribution in [0.4, 0.5) is 14.6 Å². The largest absolute Gasteiger partial charge is 0.508 e. The maximum Gasteiger partial charge on any atom is 0.319 e. The Morgan fingerprint density at radius 2 is 1.83 bits per heavy atom. The second-order valence-corrected chi connectivity index (χ2v) is 12.3. The van der Waals surface area contributed by atoms with Gasteiger partial charge in [0.05, 0.1) is 11.1 Å². The highest BCUT2D eigenvalue weighted by Gasteiger charge is 2.49. The first-order valence-corrected chi connectivity index (χ1v) is 14.7. The van der Waals surface area contributed by atoms with E-state index in [1.807, 2.05) is 24.3 Å². The smallest absolute Gasteiger partial charge is 0.319 e. The highest BCUT2D eigenvalue weighted by molar-refractivity contribution is 6.01. The molecule has 4 aliphatic rings. The summed E-state index contributed by atoms with van der Waals surface area (Å²) < 4.78 is 36.7. The van der Waals surface area contributed by atoms with E-state index in [0.29, 0.717) is 59.5 Å². The van der Waals surface area contributed by atoms with E-state index < -0.39 is 12.0 Å². The maximum absolute atomic E-state index is 16.0. The van der Waals surface area contributed by atoms with E-state index in [1.54, 1.807) is 18.2 Å². The quantitative estimate of drug-likeness (QED) is 0.350. The van der Waals surface area contributed by atoms with Crippen LogP contribution < -0.4 is 15.0 Å². The van der Waals surface area contributed by atoms with Crippen molar-refractivity contribution in [3.63, 3.8) is 0 Å². The molecular formula is C32H33F2N5O2. The number of nitrogens with one attached hydrogen (secondary N) is 1. The van der Waals surface area contributed by atoms with E-state index in [1.165, 1.54) is 6.07 Å². The maximum atomic E-state index is 16.0. The van der Waals surface area contributed by atoms with E-state index in [4.69, 9.17) is 14.7 Å². The summed E-state index contributed by atoms with van der Waals surface area (Å²) in [7, 11) is 0. The Labute approximate surface area is 237 Å². The number of hydrogen-bond donors (Lipinski definition) is 2. The summed E-state index contributed by atoms with van der Waals surface area (Å²) in [5.41, 5.74) is 1.22. The molecule has 4 fully saturated rings. The van der Waals surface area contributed by atoms with Crippen molar-refractivity contribution >= 4 is 27.5 Å². The zero-order chi connectivity index (χ0) is 27.7. The number of hydrogen-bond acceptors (Lipinski definition) is 7. The number of benzene rings is 3. The Bertz CT molecular complexity index is 1650. The minimum Gasteiger partial charge on any atom is -0.508 e. The van der Waals surface area contributed by atoms with Gasteiger partial charge >= 0.3 is 6.01 Å². The number of rotatable bonds is 5. The van der Waals surface area contributed by atoms with E-state index >= 15 is 4.39 Å². The van der Waals surface area contributed by atoms with E-state index in [0.717, 1.165) is 56.1 Å². The number of halogens is 2. The number of alkyl halides is 1. The molecule has 212 valence electrons. The van der Waals surface area contributed by atoms with Crippen LogP contribution in [-0.4, -0.2) is 76.6 Å². The van der Waals surface area contributed by atoms with Crippen LogP contribution in [0.25, 0.3) is 32.8 Å². The molecule has 0 spiro atoms. The number of phenols is 1. The van der Waals surface area contributed by atoms with Gasteiger partial charge in [0.25, 0.3) is 0 Å². The number of aromatic hydroxyl groups is 1. The fourth-order valence-corrected chi connectivity index (χ4v) is 7.76. The van der Waals surface area contributed by atoms with Crippen LogP contribution in [0.5, 0.6) is 11.8 Å². The topological polar surface area (TPSA) is 73.8 Å². The van der Waals surface area contributed by atoms with Gasteiger partial charge in [-0.1, -0.05) is 24.3 Å². The Kier molecular flexibility index (Phi) is 5.83. The van der Waals surface area contributed by atoms with Crippen LogP contribution in [0.2, 0.25) is 0 Å². The molecule has 1 aromatic heterocycles. The molecule has 2 N–H and O–H groups in total. The van der Waals surface area contributed by atoms with Crippen molar-refractivity contribution < 1.29 is 18.6 Å². The Hall–Kier alpha value is -3.56. The molecule has 2 bridgehead atoms.